The van der Waals surface area contributed by atoms with E-state index in [2.05, 4.69) is 5.32 Å². The Labute approximate surface area is 97.7 Å². The Morgan fingerprint density at radius 3 is 2.40 bits per heavy atom. The van der Waals surface area contributed by atoms with E-state index in [4.69, 9.17) is 23.2 Å². The minimum absolute atomic E-state index is 0.527. The van der Waals surface area contributed by atoms with E-state index >= 15 is 0 Å². The molecule has 5 heteroatoms. The van der Waals surface area contributed by atoms with Gasteiger partial charge in [-0.2, -0.15) is 0 Å². The molecule has 0 spiro atoms. The molecular weight excluding hydrogens is 238 g/mol. The van der Waals surface area contributed by atoms with Gasteiger partial charge in [-0.05, 0) is 36.7 Å². The first kappa shape index (κ1) is 11.1. The Balaban J connectivity index is 2.42. The van der Waals surface area contributed by atoms with Crippen LogP contribution in [0.15, 0.2) is 18.2 Å². The van der Waals surface area contributed by atoms with Gasteiger partial charge in [0.15, 0.2) is 0 Å². The molecule has 0 saturated carbocycles. The molecule has 1 atom stereocenters. The highest BCUT2D eigenvalue weighted by Crippen LogP contribution is 2.32. The monoisotopic (exact) mass is 248 g/mol. The van der Waals surface area contributed by atoms with Crippen LogP contribution in [0.25, 0.3) is 0 Å². The van der Waals surface area contributed by atoms with E-state index in [0.717, 1.165) is 12.1 Å². The standard InChI is InChI=1S/C10H11Cl2FN2/c11-8-3-7(4-9(12)5-8)10(15-13)1-2-14-6-10/h3-5,14-15H,1-2,6H2. The molecule has 2 nitrogen and oxygen atoms in total. The van der Waals surface area contributed by atoms with Crippen LogP contribution >= 0.6 is 23.2 Å². The van der Waals surface area contributed by atoms with Crippen LogP contribution in [0.3, 0.4) is 0 Å². The average Bonchev–Trinajstić information content (AvgIpc) is 2.65. The van der Waals surface area contributed by atoms with Crippen molar-refractivity contribution in [1.29, 1.82) is 0 Å². The molecule has 1 aliphatic heterocycles. The normalized spacial score (nSPS) is 25.8. The van der Waals surface area contributed by atoms with Crippen LogP contribution in [-0.2, 0) is 5.54 Å². The van der Waals surface area contributed by atoms with Crippen LogP contribution in [0.5, 0.6) is 0 Å². The van der Waals surface area contributed by atoms with Gasteiger partial charge in [0.05, 0.1) is 5.54 Å². The molecule has 0 aromatic heterocycles. The summed E-state index contributed by atoms with van der Waals surface area (Å²) in [4.78, 5) is 0. The van der Waals surface area contributed by atoms with Gasteiger partial charge in [0.2, 0.25) is 0 Å². The predicted molar refractivity (Wildman–Crippen MR) is 59.9 cm³/mol. The zero-order valence-corrected chi connectivity index (χ0v) is 9.50. The number of halogens is 3. The van der Waals surface area contributed by atoms with E-state index in [1.54, 1.807) is 18.2 Å². The van der Waals surface area contributed by atoms with E-state index in [1.165, 1.54) is 0 Å². The maximum Gasteiger partial charge on any atom is 0.0867 e. The highest BCUT2D eigenvalue weighted by Gasteiger charge is 2.36. The van der Waals surface area contributed by atoms with E-state index < -0.39 is 5.54 Å². The van der Waals surface area contributed by atoms with Gasteiger partial charge >= 0.3 is 0 Å². The molecule has 0 amide bonds. The summed E-state index contributed by atoms with van der Waals surface area (Å²) in [5, 5.41) is 4.17. The van der Waals surface area contributed by atoms with Gasteiger partial charge in [-0.1, -0.05) is 23.2 Å². The molecule has 0 bridgehead atoms. The number of benzene rings is 1. The molecule has 15 heavy (non-hydrogen) atoms. The lowest BCUT2D eigenvalue weighted by Crippen LogP contribution is -2.39. The summed E-state index contributed by atoms with van der Waals surface area (Å²) < 4.78 is 12.9. The molecule has 0 aliphatic carbocycles. The molecule has 1 fully saturated rings. The summed E-state index contributed by atoms with van der Waals surface area (Å²) in [6.07, 6.45) is 0.681. The van der Waals surface area contributed by atoms with Crippen LogP contribution in [-0.4, -0.2) is 13.1 Å². The van der Waals surface area contributed by atoms with E-state index in [0.29, 0.717) is 23.0 Å². The fourth-order valence-electron chi connectivity index (χ4n) is 1.90. The molecule has 1 heterocycles. The van der Waals surface area contributed by atoms with Crippen LogP contribution in [0.4, 0.5) is 4.48 Å². The van der Waals surface area contributed by atoms with Gasteiger partial charge in [0.1, 0.15) is 0 Å². The quantitative estimate of drug-likeness (QED) is 0.787. The molecule has 0 radical (unpaired) electrons. The SMILES string of the molecule is FNC1(c2cc(Cl)cc(Cl)c2)CCNC1. The average molecular weight is 249 g/mol. The van der Waals surface area contributed by atoms with E-state index in [9.17, 15) is 4.48 Å². The summed E-state index contributed by atoms with van der Waals surface area (Å²) in [7, 11) is 0. The maximum absolute atomic E-state index is 12.9. The summed E-state index contributed by atoms with van der Waals surface area (Å²) >= 11 is 11.8. The summed E-state index contributed by atoms with van der Waals surface area (Å²) in [6, 6.07) is 5.13. The lowest BCUT2D eigenvalue weighted by Gasteiger charge is -2.25. The van der Waals surface area contributed by atoms with Crippen molar-refractivity contribution < 1.29 is 4.48 Å². The van der Waals surface area contributed by atoms with Crippen molar-refractivity contribution in [1.82, 2.24) is 10.9 Å². The van der Waals surface area contributed by atoms with Gasteiger partial charge in [-0.15, -0.1) is 10.0 Å². The van der Waals surface area contributed by atoms with Crippen molar-refractivity contribution in [3.8, 4) is 0 Å². The third kappa shape index (κ3) is 2.11. The van der Waals surface area contributed by atoms with Crippen LogP contribution in [0, 0.1) is 0 Å². The van der Waals surface area contributed by atoms with Crippen molar-refractivity contribution in [3.63, 3.8) is 0 Å². The Bertz CT molecular complexity index is 344. The summed E-state index contributed by atoms with van der Waals surface area (Å²) in [5.74, 6) is 0. The van der Waals surface area contributed by atoms with Crippen molar-refractivity contribution in [2.45, 2.75) is 12.0 Å². The van der Waals surface area contributed by atoms with Crippen molar-refractivity contribution in [3.05, 3.63) is 33.8 Å². The fraction of sp³-hybridized carbons (Fsp3) is 0.400. The third-order valence-corrected chi connectivity index (χ3v) is 3.19. The smallest absolute Gasteiger partial charge is 0.0867 e. The molecule has 1 aliphatic rings. The Kier molecular flexibility index (Phi) is 3.16. The molecular formula is C10H11Cl2FN2. The molecule has 82 valence electrons. The van der Waals surface area contributed by atoms with Crippen LogP contribution in [0.2, 0.25) is 10.0 Å². The minimum atomic E-state index is -0.686. The third-order valence-electron chi connectivity index (χ3n) is 2.75. The first-order chi connectivity index (χ1) is 7.16. The second kappa shape index (κ2) is 4.26. The maximum atomic E-state index is 12.9. The van der Waals surface area contributed by atoms with Crippen LogP contribution in [0.1, 0.15) is 12.0 Å². The van der Waals surface area contributed by atoms with Crippen molar-refractivity contribution >= 4 is 23.2 Å². The Morgan fingerprint density at radius 1 is 1.27 bits per heavy atom. The first-order valence-corrected chi connectivity index (χ1v) is 5.47. The Morgan fingerprint density at radius 2 is 1.93 bits per heavy atom. The van der Waals surface area contributed by atoms with Gasteiger partial charge < -0.3 is 5.32 Å². The van der Waals surface area contributed by atoms with Gasteiger partial charge in [-0.3, -0.25) is 0 Å². The van der Waals surface area contributed by atoms with E-state index in [-0.39, 0.29) is 0 Å². The molecule has 2 rings (SSSR count). The topological polar surface area (TPSA) is 24.1 Å². The lowest BCUT2D eigenvalue weighted by molar-refractivity contribution is 0.185. The van der Waals surface area contributed by atoms with E-state index in [1.807, 2.05) is 5.54 Å². The fourth-order valence-corrected chi connectivity index (χ4v) is 2.43. The van der Waals surface area contributed by atoms with Crippen LogP contribution < -0.4 is 10.9 Å². The summed E-state index contributed by atoms with van der Waals surface area (Å²) in [6.45, 7) is 1.32. The second-order valence-corrected chi connectivity index (χ2v) is 4.63. The highest BCUT2D eigenvalue weighted by atomic mass is 35.5. The molecule has 1 saturated heterocycles. The molecule has 1 unspecified atom stereocenters. The number of hydrogen-bond donors (Lipinski definition) is 2. The molecule has 1 aromatic carbocycles. The van der Waals surface area contributed by atoms with Crippen molar-refractivity contribution in [2.75, 3.05) is 13.1 Å². The largest absolute Gasteiger partial charge is 0.314 e. The number of nitrogens with one attached hydrogen (secondary N) is 2. The second-order valence-electron chi connectivity index (χ2n) is 3.76. The van der Waals surface area contributed by atoms with Gasteiger partial charge in [0.25, 0.3) is 0 Å². The van der Waals surface area contributed by atoms with Gasteiger partial charge in [-0.25, -0.2) is 0 Å². The minimum Gasteiger partial charge on any atom is -0.314 e. The highest BCUT2D eigenvalue weighted by molar-refractivity contribution is 6.34. The van der Waals surface area contributed by atoms with Gasteiger partial charge in [0, 0.05) is 16.6 Å². The van der Waals surface area contributed by atoms with Crippen molar-refractivity contribution in [2.24, 2.45) is 0 Å². The number of rotatable bonds is 2. The predicted octanol–water partition coefficient (Wildman–Crippen LogP) is 2.66. The number of hydrogen-bond acceptors (Lipinski definition) is 2. The lowest BCUT2D eigenvalue weighted by atomic mass is 9.90. The Hall–Kier alpha value is -0.350. The zero-order valence-electron chi connectivity index (χ0n) is 7.99. The first-order valence-electron chi connectivity index (χ1n) is 4.71. The molecule has 2 N–H and O–H groups in total. The molecule has 1 aromatic rings. The summed E-state index contributed by atoms with van der Waals surface area (Å²) in [5.41, 5.74) is 1.97. The zero-order chi connectivity index (χ0) is 10.9.